The van der Waals surface area contributed by atoms with Crippen molar-refractivity contribution in [1.82, 2.24) is 0 Å². The van der Waals surface area contributed by atoms with Crippen molar-refractivity contribution in [2.24, 2.45) is 0 Å². The first-order chi connectivity index (χ1) is 4.83. The summed E-state index contributed by atoms with van der Waals surface area (Å²) in [7, 11) is 1.55. The van der Waals surface area contributed by atoms with E-state index in [0.717, 1.165) is 0 Å². The van der Waals surface area contributed by atoms with Crippen LogP contribution in [0.3, 0.4) is 0 Å². The van der Waals surface area contributed by atoms with Crippen LogP contribution >= 0.6 is 0 Å². The van der Waals surface area contributed by atoms with Gasteiger partial charge in [-0.3, -0.25) is 0 Å². The summed E-state index contributed by atoms with van der Waals surface area (Å²) in [5.74, 6) is 0.410. The number of benzene rings is 1. The fourth-order valence-electron chi connectivity index (χ4n) is 0.649. The minimum Gasteiger partial charge on any atom is -0.564 e. The zero-order valence-corrected chi connectivity index (χ0v) is 5.67. The van der Waals surface area contributed by atoms with Crippen LogP contribution in [-0.2, 0) is 0 Å². The smallest absolute Gasteiger partial charge is 0.366 e. The Hall–Kier alpha value is -0.985. The third kappa shape index (κ3) is 1.76. The molecule has 0 aliphatic rings. The zero-order valence-electron chi connectivity index (χ0n) is 5.67. The average Bonchev–Trinajstić information content (AvgIpc) is 1.95. The Kier molecular flexibility index (Phi) is 2.32. The third-order valence-corrected chi connectivity index (χ3v) is 1.07. The van der Waals surface area contributed by atoms with Gasteiger partial charge in [0.1, 0.15) is 5.82 Å². The Labute approximate surface area is 60.1 Å². The van der Waals surface area contributed by atoms with E-state index in [1.807, 2.05) is 0 Å². The summed E-state index contributed by atoms with van der Waals surface area (Å²) in [4.78, 5) is 0. The van der Waals surface area contributed by atoms with Crippen LogP contribution in [0.4, 0.5) is 4.39 Å². The number of halogens is 1. The van der Waals surface area contributed by atoms with Crippen molar-refractivity contribution < 1.29 is 9.04 Å². The van der Waals surface area contributed by atoms with Gasteiger partial charge in [-0.05, 0) is 24.3 Å². The van der Waals surface area contributed by atoms with Crippen molar-refractivity contribution in [1.29, 1.82) is 0 Å². The van der Waals surface area contributed by atoms with Crippen molar-refractivity contribution >= 4 is 7.48 Å². The highest BCUT2D eigenvalue weighted by Gasteiger charge is 1.91. The second-order valence-corrected chi connectivity index (χ2v) is 1.81. The fraction of sp³-hybridized carbons (Fsp3) is 0.143. The molecule has 0 bridgehead atoms. The minimum absolute atomic E-state index is 0.247. The molecule has 51 valence electrons. The van der Waals surface area contributed by atoms with Gasteiger partial charge in [0.15, 0.2) is 0 Å². The largest absolute Gasteiger partial charge is 0.564 e. The van der Waals surface area contributed by atoms with Crippen LogP contribution in [0.1, 0.15) is 0 Å². The monoisotopic (exact) mass is 137 g/mol. The van der Waals surface area contributed by atoms with E-state index in [4.69, 9.17) is 4.65 Å². The molecule has 0 fully saturated rings. The Morgan fingerprint density at radius 2 is 1.90 bits per heavy atom. The molecule has 0 N–H and O–H groups in total. The van der Waals surface area contributed by atoms with E-state index in [2.05, 4.69) is 0 Å². The van der Waals surface area contributed by atoms with Crippen molar-refractivity contribution in [2.75, 3.05) is 0 Å². The molecule has 0 aliphatic heterocycles. The van der Waals surface area contributed by atoms with E-state index in [1.165, 1.54) is 12.1 Å². The number of hydrogen-bond acceptors (Lipinski definition) is 1. The van der Waals surface area contributed by atoms with Crippen LogP contribution in [0.2, 0.25) is 6.82 Å². The van der Waals surface area contributed by atoms with Gasteiger partial charge in [-0.15, -0.1) is 0 Å². The highest BCUT2D eigenvalue weighted by molar-refractivity contribution is 6.26. The van der Waals surface area contributed by atoms with Crippen LogP contribution in [0, 0.1) is 5.82 Å². The van der Waals surface area contributed by atoms with E-state index in [9.17, 15) is 4.39 Å². The van der Waals surface area contributed by atoms with Crippen molar-refractivity contribution in [3.8, 4) is 5.75 Å². The Morgan fingerprint density at radius 1 is 1.30 bits per heavy atom. The molecule has 0 aliphatic carbocycles. The van der Waals surface area contributed by atoms with Crippen LogP contribution in [0.15, 0.2) is 24.3 Å². The molecule has 0 atom stereocenters. The molecule has 0 spiro atoms. The molecular formula is C7H7BFO. The van der Waals surface area contributed by atoms with Gasteiger partial charge in [-0.25, -0.2) is 4.39 Å². The van der Waals surface area contributed by atoms with Gasteiger partial charge in [0.05, 0.1) is 5.75 Å². The molecule has 0 saturated carbocycles. The first-order valence-corrected chi connectivity index (χ1v) is 3.03. The quantitative estimate of drug-likeness (QED) is 0.565. The average molecular weight is 137 g/mol. The molecule has 0 heterocycles. The minimum atomic E-state index is -0.247. The van der Waals surface area contributed by atoms with Gasteiger partial charge in [0, 0.05) is 0 Å². The zero-order chi connectivity index (χ0) is 7.40. The lowest BCUT2D eigenvalue weighted by Crippen LogP contribution is -1.94. The lowest BCUT2D eigenvalue weighted by molar-refractivity contribution is 0.588. The summed E-state index contributed by atoms with van der Waals surface area (Å²) < 4.78 is 17.2. The number of rotatable bonds is 2. The SMILES string of the molecule is C[B]Oc1ccc(F)cc1. The molecule has 1 nitrogen and oxygen atoms in total. The molecule has 1 aromatic rings. The maximum Gasteiger partial charge on any atom is 0.366 e. The van der Waals surface area contributed by atoms with Crippen molar-refractivity contribution in [2.45, 2.75) is 6.82 Å². The maximum absolute atomic E-state index is 12.3. The third-order valence-electron chi connectivity index (χ3n) is 1.07. The Bertz CT molecular complexity index is 197. The van der Waals surface area contributed by atoms with Crippen LogP contribution in [-0.4, -0.2) is 7.48 Å². The first kappa shape index (κ1) is 7.13. The van der Waals surface area contributed by atoms with E-state index in [0.29, 0.717) is 5.75 Å². The highest BCUT2D eigenvalue weighted by Crippen LogP contribution is 2.09. The summed E-state index contributed by atoms with van der Waals surface area (Å²) in [6.45, 7) is 1.77. The lowest BCUT2D eigenvalue weighted by atomic mass is 10.1. The Balaban J connectivity index is 2.69. The van der Waals surface area contributed by atoms with Crippen LogP contribution < -0.4 is 4.65 Å². The van der Waals surface area contributed by atoms with Crippen LogP contribution in [0.25, 0.3) is 0 Å². The second-order valence-electron chi connectivity index (χ2n) is 1.81. The highest BCUT2D eigenvalue weighted by atomic mass is 19.1. The summed E-state index contributed by atoms with van der Waals surface area (Å²) in [5, 5.41) is 0. The molecule has 1 radical (unpaired) electrons. The first-order valence-electron chi connectivity index (χ1n) is 3.03. The van der Waals surface area contributed by atoms with E-state index in [-0.39, 0.29) is 5.82 Å². The predicted molar refractivity (Wildman–Crippen MR) is 38.6 cm³/mol. The summed E-state index contributed by atoms with van der Waals surface area (Å²) in [5.41, 5.74) is 0. The van der Waals surface area contributed by atoms with Crippen molar-refractivity contribution in [3.05, 3.63) is 30.1 Å². The van der Waals surface area contributed by atoms with Crippen molar-refractivity contribution in [3.63, 3.8) is 0 Å². The molecule has 0 amide bonds. The standard InChI is InChI=1S/C7H7BFO/c1-8-10-7-4-2-6(9)3-5-7/h2-5H,1H3. The molecule has 3 heteroatoms. The molecule has 1 rings (SSSR count). The molecule has 0 aromatic heterocycles. The summed E-state index contributed by atoms with van der Waals surface area (Å²) in [6.07, 6.45) is 0. The van der Waals surface area contributed by atoms with Crippen LogP contribution in [0.5, 0.6) is 5.75 Å². The lowest BCUT2D eigenvalue weighted by Gasteiger charge is -1.99. The second kappa shape index (κ2) is 3.25. The van der Waals surface area contributed by atoms with Gasteiger partial charge in [-0.2, -0.15) is 0 Å². The van der Waals surface area contributed by atoms with Gasteiger partial charge in [0.2, 0.25) is 0 Å². The summed E-state index contributed by atoms with van der Waals surface area (Å²) in [6, 6.07) is 5.88. The number of hydrogen-bond donors (Lipinski definition) is 0. The molecular weight excluding hydrogens is 130 g/mol. The predicted octanol–water partition coefficient (Wildman–Crippen LogP) is 1.87. The van der Waals surface area contributed by atoms with Gasteiger partial charge < -0.3 is 4.65 Å². The fourth-order valence-corrected chi connectivity index (χ4v) is 0.649. The summed E-state index contributed by atoms with van der Waals surface area (Å²) >= 11 is 0. The normalized spacial score (nSPS) is 9.00. The molecule has 1 aromatic carbocycles. The molecule has 0 saturated heterocycles. The van der Waals surface area contributed by atoms with Gasteiger partial charge in [0.25, 0.3) is 0 Å². The van der Waals surface area contributed by atoms with E-state index >= 15 is 0 Å². The topological polar surface area (TPSA) is 9.23 Å². The van der Waals surface area contributed by atoms with Gasteiger partial charge >= 0.3 is 7.48 Å². The Morgan fingerprint density at radius 3 is 2.40 bits per heavy atom. The molecule has 10 heavy (non-hydrogen) atoms. The van der Waals surface area contributed by atoms with E-state index < -0.39 is 0 Å². The van der Waals surface area contributed by atoms with E-state index in [1.54, 1.807) is 26.4 Å². The maximum atomic E-state index is 12.3. The molecule has 0 unspecified atom stereocenters. The van der Waals surface area contributed by atoms with Gasteiger partial charge in [-0.1, -0.05) is 6.82 Å².